The van der Waals surface area contributed by atoms with Crippen LogP contribution < -0.4 is 5.32 Å². The number of nitrogens with zero attached hydrogens (tertiary/aromatic N) is 1. The molecule has 0 atom stereocenters. The minimum absolute atomic E-state index is 0.00326. The molecule has 0 unspecified atom stereocenters. The van der Waals surface area contributed by atoms with E-state index in [2.05, 4.69) is 41.5 Å². The van der Waals surface area contributed by atoms with E-state index in [9.17, 15) is 4.79 Å². The summed E-state index contributed by atoms with van der Waals surface area (Å²) in [6.45, 7) is 2.77. The number of aryl methyl sites for hydroxylation is 1. The number of aliphatic carboxylic acids is 1. The lowest BCUT2D eigenvalue weighted by molar-refractivity contribution is -0.135. The molecular weight excluding hydrogens is 272 g/mol. The maximum absolute atomic E-state index is 10.4. The summed E-state index contributed by atoms with van der Waals surface area (Å²) in [5, 5.41) is 14.5. The Morgan fingerprint density at radius 3 is 2.75 bits per heavy atom. The minimum Gasteiger partial charge on any atom is -0.480 e. The van der Waals surface area contributed by atoms with Crippen LogP contribution in [0.3, 0.4) is 0 Å². The van der Waals surface area contributed by atoms with Crippen molar-refractivity contribution in [2.75, 3.05) is 13.1 Å². The van der Waals surface area contributed by atoms with E-state index in [1.165, 1.54) is 5.56 Å². The Bertz CT molecular complexity index is 564. The van der Waals surface area contributed by atoms with Crippen LogP contribution in [-0.2, 0) is 17.6 Å². The van der Waals surface area contributed by atoms with Gasteiger partial charge in [-0.1, -0.05) is 31.2 Å². The number of carbonyl (C=O) groups is 1. The number of hydrogen-bond donors (Lipinski definition) is 2. The third-order valence-corrected chi connectivity index (χ3v) is 3.91. The van der Waals surface area contributed by atoms with E-state index in [0.717, 1.165) is 29.1 Å². The van der Waals surface area contributed by atoms with Crippen molar-refractivity contribution >= 4 is 17.3 Å². The first kappa shape index (κ1) is 14.7. The fourth-order valence-electron chi connectivity index (χ4n) is 1.86. The molecule has 5 heteroatoms. The highest BCUT2D eigenvalue weighted by Crippen LogP contribution is 2.22. The Morgan fingerprint density at radius 1 is 1.35 bits per heavy atom. The number of carboxylic acid groups (broad SMARTS) is 1. The quantitative estimate of drug-likeness (QED) is 0.769. The molecule has 0 fully saturated rings. The van der Waals surface area contributed by atoms with Crippen molar-refractivity contribution in [3.63, 3.8) is 0 Å². The zero-order valence-corrected chi connectivity index (χ0v) is 12.2. The third kappa shape index (κ3) is 4.15. The van der Waals surface area contributed by atoms with E-state index in [0.29, 0.717) is 6.54 Å². The van der Waals surface area contributed by atoms with Crippen molar-refractivity contribution in [2.24, 2.45) is 0 Å². The van der Waals surface area contributed by atoms with Gasteiger partial charge >= 0.3 is 5.97 Å². The fraction of sp³-hybridized carbons (Fsp3) is 0.333. The molecule has 2 rings (SSSR count). The summed E-state index contributed by atoms with van der Waals surface area (Å²) in [4.78, 5) is 15.0. The fourth-order valence-corrected chi connectivity index (χ4v) is 2.67. The molecule has 0 aliphatic carbocycles. The van der Waals surface area contributed by atoms with Gasteiger partial charge in [0.15, 0.2) is 0 Å². The van der Waals surface area contributed by atoms with Gasteiger partial charge in [-0.3, -0.25) is 4.79 Å². The molecule has 0 amide bonds. The average molecular weight is 290 g/mol. The second-order valence-corrected chi connectivity index (χ2v) is 5.44. The highest BCUT2D eigenvalue weighted by atomic mass is 32.1. The molecule has 2 aromatic rings. The summed E-state index contributed by atoms with van der Waals surface area (Å²) >= 11 is 1.61. The second-order valence-electron chi connectivity index (χ2n) is 4.50. The Morgan fingerprint density at radius 2 is 2.10 bits per heavy atom. The first-order chi connectivity index (χ1) is 9.69. The molecule has 0 bridgehead atoms. The smallest absolute Gasteiger partial charge is 0.317 e. The number of thiazole rings is 1. The molecule has 0 radical (unpaired) electrons. The van der Waals surface area contributed by atoms with Crippen LogP contribution in [0.15, 0.2) is 29.6 Å². The van der Waals surface area contributed by atoms with Gasteiger partial charge in [0.25, 0.3) is 0 Å². The minimum atomic E-state index is -0.833. The van der Waals surface area contributed by atoms with Crippen molar-refractivity contribution in [3.05, 3.63) is 40.2 Å². The normalized spacial score (nSPS) is 10.7. The first-order valence-electron chi connectivity index (χ1n) is 6.65. The number of hydrogen-bond acceptors (Lipinski definition) is 4. The first-order valence-corrected chi connectivity index (χ1v) is 7.53. The Balaban J connectivity index is 1.92. The molecular formula is C15H18N2O2S. The molecule has 1 heterocycles. The Kier molecular flexibility index (Phi) is 5.26. The summed E-state index contributed by atoms with van der Waals surface area (Å²) in [6, 6.07) is 8.45. The molecule has 20 heavy (non-hydrogen) atoms. The highest BCUT2D eigenvalue weighted by Gasteiger charge is 2.05. The van der Waals surface area contributed by atoms with E-state index in [-0.39, 0.29) is 6.54 Å². The molecule has 1 aromatic heterocycles. The van der Waals surface area contributed by atoms with Crippen molar-refractivity contribution < 1.29 is 9.90 Å². The maximum atomic E-state index is 10.4. The van der Waals surface area contributed by atoms with Gasteiger partial charge in [-0.05, 0) is 12.0 Å². The average Bonchev–Trinajstić information content (AvgIpc) is 2.92. The van der Waals surface area contributed by atoms with E-state index in [1.807, 2.05) is 5.38 Å². The second kappa shape index (κ2) is 7.17. The zero-order chi connectivity index (χ0) is 14.4. The summed E-state index contributed by atoms with van der Waals surface area (Å²) in [5.41, 5.74) is 3.44. The van der Waals surface area contributed by atoms with Crippen LogP contribution >= 0.6 is 11.3 Å². The van der Waals surface area contributed by atoms with Crippen LogP contribution in [0.1, 0.15) is 17.5 Å². The summed E-state index contributed by atoms with van der Waals surface area (Å²) in [7, 11) is 0. The lowest BCUT2D eigenvalue weighted by Crippen LogP contribution is -2.24. The molecule has 4 nitrogen and oxygen atoms in total. The van der Waals surface area contributed by atoms with Crippen molar-refractivity contribution in [1.82, 2.24) is 10.3 Å². The molecule has 1 aromatic carbocycles. The standard InChI is InChI=1S/C15H18N2O2S/c1-2-11-3-5-12(6-4-11)13-10-20-14(17-13)7-8-16-9-15(18)19/h3-6,10,16H,2,7-9H2,1H3,(H,18,19). The number of rotatable bonds is 7. The van der Waals surface area contributed by atoms with Gasteiger partial charge in [-0.2, -0.15) is 0 Å². The van der Waals surface area contributed by atoms with Gasteiger partial charge in [0, 0.05) is 23.9 Å². The number of carboxylic acids is 1. The lowest BCUT2D eigenvalue weighted by Gasteiger charge is -2.00. The number of benzene rings is 1. The molecule has 0 aliphatic rings. The highest BCUT2D eigenvalue weighted by molar-refractivity contribution is 7.09. The number of aromatic nitrogens is 1. The van der Waals surface area contributed by atoms with Crippen molar-refractivity contribution in [2.45, 2.75) is 19.8 Å². The zero-order valence-electron chi connectivity index (χ0n) is 11.4. The Hall–Kier alpha value is -1.72. The van der Waals surface area contributed by atoms with Crippen LogP contribution in [0.25, 0.3) is 11.3 Å². The van der Waals surface area contributed by atoms with Gasteiger partial charge in [0.1, 0.15) is 0 Å². The Labute approximate surface area is 122 Å². The monoisotopic (exact) mass is 290 g/mol. The van der Waals surface area contributed by atoms with Gasteiger partial charge in [-0.15, -0.1) is 11.3 Å². The van der Waals surface area contributed by atoms with E-state index >= 15 is 0 Å². The summed E-state index contributed by atoms with van der Waals surface area (Å²) in [5.74, 6) is -0.833. The van der Waals surface area contributed by atoms with E-state index < -0.39 is 5.97 Å². The van der Waals surface area contributed by atoms with Crippen LogP contribution in [0.2, 0.25) is 0 Å². The van der Waals surface area contributed by atoms with Gasteiger partial charge < -0.3 is 10.4 Å². The van der Waals surface area contributed by atoms with Crippen LogP contribution in [-0.4, -0.2) is 29.1 Å². The molecule has 106 valence electrons. The van der Waals surface area contributed by atoms with Crippen LogP contribution in [0, 0.1) is 0 Å². The molecule has 0 aliphatic heterocycles. The molecule has 0 saturated heterocycles. The van der Waals surface area contributed by atoms with Gasteiger partial charge in [-0.25, -0.2) is 4.98 Å². The van der Waals surface area contributed by atoms with Crippen molar-refractivity contribution in [1.29, 1.82) is 0 Å². The predicted octanol–water partition coefficient (Wildman–Crippen LogP) is 2.59. The van der Waals surface area contributed by atoms with Gasteiger partial charge in [0.05, 0.1) is 17.2 Å². The predicted molar refractivity (Wildman–Crippen MR) is 81.1 cm³/mol. The molecule has 0 spiro atoms. The summed E-state index contributed by atoms with van der Waals surface area (Å²) < 4.78 is 0. The largest absolute Gasteiger partial charge is 0.480 e. The summed E-state index contributed by atoms with van der Waals surface area (Å²) in [6.07, 6.45) is 1.79. The topological polar surface area (TPSA) is 62.2 Å². The van der Waals surface area contributed by atoms with Crippen LogP contribution in [0.4, 0.5) is 0 Å². The third-order valence-electron chi connectivity index (χ3n) is 3.00. The van der Waals surface area contributed by atoms with Crippen LogP contribution in [0.5, 0.6) is 0 Å². The van der Waals surface area contributed by atoms with E-state index in [1.54, 1.807) is 11.3 Å². The maximum Gasteiger partial charge on any atom is 0.317 e. The van der Waals surface area contributed by atoms with Crippen molar-refractivity contribution in [3.8, 4) is 11.3 Å². The SMILES string of the molecule is CCc1ccc(-c2csc(CCNCC(=O)O)n2)cc1. The number of nitrogens with one attached hydrogen (secondary N) is 1. The molecule has 0 saturated carbocycles. The van der Waals surface area contributed by atoms with Gasteiger partial charge in [0.2, 0.25) is 0 Å². The van der Waals surface area contributed by atoms with E-state index in [4.69, 9.17) is 5.11 Å². The lowest BCUT2D eigenvalue weighted by atomic mass is 10.1. The molecule has 2 N–H and O–H groups in total.